The topological polar surface area (TPSA) is 56.8 Å². The third kappa shape index (κ3) is 4.10. The molecule has 2 aromatic carbocycles. The maximum Gasteiger partial charge on any atom is 0.252 e. The second-order valence-corrected chi connectivity index (χ2v) is 6.21. The monoisotopic (exact) mass is 357 g/mol. The molecule has 5 heteroatoms. The summed E-state index contributed by atoms with van der Waals surface area (Å²) in [5, 5.41) is 3.11. The maximum atomic E-state index is 12.8. The van der Waals surface area contributed by atoms with Gasteiger partial charge < -0.3 is 19.5 Å². The summed E-state index contributed by atoms with van der Waals surface area (Å²) in [6.45, 7) is 6.18. The van der Waals surface area contributed by atoms with Gasteiger partial charge >= 0.3 is 0 Å². The van der Waals surface area contributed by atoms with Crippen LogP contribution in [0, 0.1) is 13.8 Å². The van der Waals surface area contributed by atoms with Crippen molar-refractivity contribution in [2.24, 2.45) is 0 Å². The summed E-state index contributed by atoms with van der Waals surface area (Å²) < 4.78 is 16.0. The first-order valence-corrected chi connectivity index (χ1v) is 8.63. The molecule has 0 aliphatic carbocycles. The van der Waals surface area contributed by atoms with Crippen molar-refractivity contribution < 1.29 is 19.0 Å². The van der Waals surface area contributed by atoms with E-state index < -0.39 is 0 Å². The van der Waals surface area contributed by atoms with Gasteiger partial charge in [-0.1, -0.05) is 30.7 Å². The van der Waals surface area contributed by atoms with Crippen LogP contribution in [0.1, 0.15) is 46.4 Å². The van der Waals surface area contributed by atoms with Crippen molar-refractivity contribution >= 4 is 5.91 Å². The lowest BCUT2D eigenvalue weighted by atomic mass is 9.97. The first-order valence-electron chi connectivity index (χ1n) is 8.63. The van der Waals surface area contributed by atoms with E-state index in [1.807, 2.05) is 0 Å². The van der Waals surface area contributed by atoms with Gasteiger partial charge in [-0.3, -0.25) is 4.79 Å². The first-order chi connectivity index (χ1) is 12.4. The highest BCUT2D eigenvalue weighted by atomic mass is 16.5. The SMILES string of the molecule is CCC(NC(=O)c1cc(OC)c(OC)c(OC)c1)c1ccc(C)cc1C. The fourth-order valence-corrected chi connectivity index (χ4v) is 3.07. The van der Waals surface area contributed by atoms with Gasteiger partial charge in [0.05, 0.1) is 27.4 Å². The third-order valence-corrected chi connectivity index (χ3v) is 4.44. The lowest BCUT2D eigenvalue weighted by Gasteiger charge is -2.21. The zero-order valence-electron chi connectivity index (χ0n) is 16.3. The maximum absolute atomic E-state index is 12.8. The molecule has 140 valence electrons. The quantitative estimate of drug-likeness (QED) is 0.806. The van der Waals surface area contributed by atoms with Crippen molar-refractivity contribution in [1.82, 2.24) is 5.32 Å². The molecule has 0 heterocycles. The molecule has 2 rings (SSSR count). The normalized spacial score (nSPS) is 11.6. The zero-order valence-corrected chi connectivity index (χ0v) is 16.3. The summed E-state index contributed by atoms with van der Waals surface area (Å²) in [4.78, 5) is 12.8. The average Bonchev–Trinajstić information content (AvgIpc) is 2.64. The number of nitrogens with one attached hydrogen (secondary N) is 1. The van der Waals surface area contributed by atoms with Gasteiger partial charge in [-0.05, 0) is 43.5 Å². The highest BCUT2D eigenvalue weighted by molar-refractivity contribution is 5.96. The number of aryl methyl sites for hydroxylation is 2. The van der Waals surface area contributed by atoms with Gasteiger partial charge in [-0.25, -0.2) is 0 Å². The third-order valence-electron chi connectivity index (χ3n) is 4.44. The lowest BCUT2D eigenvalue weighted by Crippen LogP contribution is -2.28. The van der Waals surface area contributed by atoms with Crippen LogP contribution in [0.15, 0.2) is 30.3 Å². The Balaban J connectivity index is 2.33. The number of rotatable bonds is 7. The minimum atomic E-state index is -0.184. The Morgan fingerprint density at radius 3 is 2.08 bits per heavy atom. The van der Waals surface area contributed by atoms with Crippen molar-refractivity contribution in [3.63, 3.8) is 0 Å². The highest BCUT2D eigenvalue weighted by Crippen LogP contribution is 2.38. The Kier molecular flexibility index (Phi) is 6.50. The molecule has 0 radical (unpaired) electrons. The number of ether oxygens (including phenoxy) is 3. The molecule has 0 aliphatic heterocycles. The molecule has 0 aromatic heterocycles. The highest BCUT2D eigenvalue weighted by Gasteiger charge is 2.20. The number of carbonyl (C=O) groups excluding carboxylic acids is 1. The Bertz CT molecular complexity index is 761. The minimum absolute atomic E-state index is 0.0674. The number of methoxy groups -OCH3 is 3. The average molecular weight is 357 g/mol. The molecule has 2 aromatic rings. The summed E-state index contributed by atoms with van der Waals surface area (Å²) in [5.41, 5.74) is 3.96. The van der Waals surface area contributed by atoms with Crippen molar-refractivity contribution in [1.29, 1.82) is 0 Å². The van der Waals surface area contributed by atoms with Crippen LogP contribution in [0.2, 0.25) is 0 Å². The number of hydrogen-bond acceptors (Lipinski definition) is 4. The summed E-state index contributed by atoms with van der Waals surface area (Å²) in [5.74, 6) is 1.19. The molecule has 26 heavy (non-hydrogen) atoms. The van der Waals surface area contributed by atoms with E-state index in [1.54, 1.807) is 12.1 Å². The van der Waals surface area contributed by atoms with Crippen molar-refractivity contribution in [2.75, 3.05) is 21.3 Å². The molecule has 0 saturated heterocycles. The summed E-state index contributed by atoms with van der Waals surface area (Å²) in [7, 11) is 4.60. The van der Waals surface area contributed by atoms with E-state index in [9.17, 15) is 4.79 Å². The molecule has 0 fully saturated rings. The second-order valence-electron chi connectivity index (χ2n) is 6.21. The zero-order chi connectivity index (χ0) is 19.3. The fraction of sp³-hybridized carbons (Fsp3) is 0.381. The Hall–Kier alpha value is -2.69. The minimum Gasteiger partial charge on any atom is -0.493 e. The largest absolute Gasteiger partial charge is 0.493 e. The van der Waals surface area contributed by atoms with E-state index in [4.69, 9.17) is 14.2 Å². The van der Waals surface area contributed by atoms with Gasteiger partial charge in [0.2, 0.25) is 5.75 Å². The van der Waals surface area contributed by atoms with Crippen molar-refractivity contribution in [3.05, 3.63) is 52.6 Å². The van der Waals surface area contributed by atoms with E-state index in [1.165, 1.54) is 32.5 Å². The lowest BCUT2D eigenvalue weighted by molar-refractivity contribution is 0.0934. The van der Waals surface area contributed by atoms with E-state index in [-0.39, 0.29) is 11.9 Å². The molecule has 1 unspecified atom stereocenters. The number of carbonyl (C=O) groups is 1. The molecule has 1 amide bonds. The molecule has 0 spiro atoms. The summed E-state index contributed by atoms with van der Waals surface area (Å²) in [6, 6.07) is 9.52. The van der Waals surface area contributed by atoms with Crippen LogP contribution in [-0.2, 0) is 0 Å². The first kappa shape index (κ1) is 19.6. The van der Waals surface area contributed by atoms with Crippen molar-refractivity contribution in [2.45, 2.75) is 33.2 Å². The van der Waals surface area contributed by atoms with Gasteiger partial charge in [-0.15, -0.1) is 0 Å². The molecule has 5 nitrogen and oxygen atoms in total. The standard InChI is InChI=1S/C21H27NO4/c1-7-17(16-9-8-13(2)10-14(16)3)22-21(23)15-11-18(24-4)20(26-6)19(12-15)25-5/h8-12,17H,7H2,1-6H3,(H,22,23). The smallest absolute Gasteiger partial charge is 0.252 e. The van der Waals surface area contributed by atoms with Crippen LogP contribution < -0.4 is 19.5 Å². The van der Waals surface area contributed by atoms with Gasteiger partial charge in [0, 0.05) is 5.56 Å². The van der Waals surface area contributed by atoms with Crippen LogP contribution in [-0.4, -0.2) is 27.2 Å². The van der Waals surface area contributed by atoms with Crippen LogP contribution in [0.4, 0.5) is 0 Å². The number of hydrogen-bond donors (Lipinski definition) is 1. The van der Waals surface area contributed by atoms with Gasteiger partial charge in [0.25, 0.3) is 5.91 Å². The van der Waals surface area contributed by atoms with Gasteiger partial charge in [0.1, 0.15) is 0 Å². The van der Waals surface area contributed by atoms with E-state index in [2.05, 4.69) is 44.3 Å². The molecule has 1 atom stereocenters. The van der Waals surface area contributed by atoms with Gasteiger partial charge in [0.15, 0.2) is 11.5 Å². The van der Waals surface area contributed by atoms with Crippen LogP contribution in [0.25, 0.3) is 0 Å². The van der Waals surface area contributed by atoms with Crippen LogP contribution in [0.3, 0.4) is 0 Å². The summed E-state index contributed by atoms with van der Waals surface area (Å²) >= 11 is 0. The van der Waals surface area contributed by atoms with Crippen LogP contribution >= 0.6 is 0 Å². The van der Waals surface area contributed by atoms with Gasteiger partial charge in [-0.2, -0.15) is 0 Å². The predicted octanol–water partition coefficient (Wildman–Crippen LogP) is 4.21. The molecule has 1 N–H and O–H groups in total. The number of benzene rings is 2. The molecular weight excluding hydrogens is 330 g/mol. The number of amides is 1. The van der Waals surface area contributed by atoms with E-state index in [0.717, 1.165) is 12.0 Å². The molecular formula is C21H27NO4. The fourth-order valence-electron chi connectivity index (χ4n) is 3.07. The van der Waals surface area contributed by atoms with E-state index >= 15 is 0 Å². The Labute approximate surface area is 155 Å². The summed E-state index contributed by atoms with van der Waals surface area (Å²) in [6.07, 6.45) is 0.792. The van der Waals surface area contributed by atoms with Crippen molar-refractivity contribution in [3.8, 4) is 17.2 Å². The Morgan fingerprint density at radius 2 is 1.62 bits per heavy atom. The second kappa shape index (κ2) is 8.61. The predicted molar refractivity (Wildman–Crippen MR) is 103 cm³/mol. The van der Waals surface area contributed by atoms with E-state index in [0.29, 0.717) is 22.8 Å². The molecule has 0 bridgehead atoms. The molecule has 0 saturated carbocycles. The molecule has 0 aliphatic rings. The Morgan fingerprint density at radius 1 is 1.00 bits per heavy atom. The van der Waals surface area contributed by atoms with Crippen LogP contribution in [0.5, 0.6) is 17.2 Å².